The summed E-state index contributed by atoms with van der Waals surface area (Å²) >= 11 is 0. The van der Waals surface area contributed by atoms with Gasteiger partial charge in [0.2, 0.25) is 10.0 Å². The minimum Gasteiger partial charge on any atom is -0.391 e. The Balaban J connectivity index is 1.45. The molecule has 7 atom stereocenters. The lowest BCUT2D eigenvalue weighted by atomic mass is 9.60. The molecule has 3 aliphatic carbocycles. The molecule has 40 heavy (non-hydrogen) atoms. The normalized spacial score (nSPS) is 34.3. The van der Waals surface area contributed by atoms with Crippen LogP contribution in [0.25, 0.3) is 0 Å². The molecule has 0 unspecified atom stereocenters. The lowest BCUT2D eigenvalue weighted by Gasteiger charge is -2.44. The quantitative estimate of drug-likeness (QED) is 0.306. The largest absolute Gasteiger partial charge is 0.391 e. The molecule has 4 rings (SSSR count). The average molecular weight is 572 g/mol. The molecule has 0 spiro atoms. The average Bonchev–Trinajstić information content (AvgIpc) is 3.25. The van der Waals surface area contributed by atoms with E-state index in [9.17, 15) is 23.7 Å². The number of nitrogens with one attached hydrogen (secondary N) is 1. The fourth-order valence-corrected chi connectivity index (χ4v) is 9.04. The smallest absolute Gasteiger partial charge is 0.241 e. The van der Waals surface area contributed by atoms with Gasteiger partial charge < -0.3 is 15.3 Å². The van der Waals surface area contributed by atoms with Crippen molar-refractivity contribution < 1.29 is 23.7 Å². The van der Waals surface area contributed by atoms with E-state index >= 15 is 0 Å². The summed E-state index contributed by atoms with van der Waals surface area (Å²) in [5.41, 5.74) is 2.32. The second kappa shape index (κ2) is 12.2. The number of aliphatic hydroxyl groups excluding tert-OH is 2. The Labute approximate surface area is 241 Å². The molecule has 7 heteroatoms. The van der Waals surface area contributed by atoms with Gasteiger partial charge >= 0.3 is 0 Å². The van der Waals surface area contributed by atoms with Crippen molar-refractivity contribution in [3.8, 4) is 0 Å². The SMILES string of the molecule is C=C1/C(=C\C=C2/CCC[C@]3(C)[C@@H]([C@H](C)CCCC(C)(C)O)CC[C@@H]23)C[C@@H](O)[C@H](NS(=O)(=O)c2ccccc2)[C@@H]1O. The summed E-state index contributed by atoms with van der Waals surface area (Å²) in [6.45, 7) is 12.7. The van der Waals surface area contributed by atoms with Gasteiger partial charge in [-0.1, -0.05) is 69.2 Å². The molecule has 1 aromatic rings. The van der Waals surface area contributed by atoms with Gasteiger partial charge in [-0.15, -0.1) is 0 Å². The van der Waals surface area contributed by atoms with Crippen LogP contribution < -0.4 is 4.72 Å². The fourth-order valence-electron chi connectivity index (χ4n) is 7.75. The van der Waals surface area contributed by atoms with Gasteiger partial charge in [0.1, 0.15) is 0 Å². The van der Waals surface area contributed by atoms with Crippen molar-refractivity contribution >= 4 is 10.0 Å². The molecule has 0 heterocycles. The number of allylic oxidation sites excluding steroid dienone is 3. The Morgan fingerprint density at radius 3 is 2.55 bits per heavy atom. The van der Waals surface area contributed by atoms with E-state index in [2.05, 4.69) is 31.2 Å². The molecule has 0 saturated heterocycles. The Bertz CT molecular complexity index is 1210. The van der Waals surface area contributed by atoms with Crippen molar-refractivity contribution in [3.05, 3.63) is 65.8 Å². The summed E-state index contributed by atoms with van der Waals surface area (Å²) in [4.78, 5) is 0.0906. The Morgan fingerprint density at radius 2 is 1.88 bits per heavy atom. The maximum absolute atomic E-state index is 12.8. The van der Waals surface area contributed by atoms with Gasteiger partial charge in [0, 0.05) is 6.42 Å². The Hall–Kier alpha value is -1.77. The van der Waals surface area contributed by atoms with Crippen LogP contribution in [0.3, 0.4) is 0 Å². The monoisotopic (exact) mass is 571 g/mol. The van der Waals surface area contributed by atoms with Crippen molar-refractivity contribution in [2.45, 2.75) is 114 Å². The highest BCUT2D eigenvalue weighted by Gasteiger charge is 2.50. The summed E-state index contributed by atoms with van der Waals surface area (Å²) in [6, 6.07) is 6.91. The second-order valence-electron chi connectivity index (χ2n) is 13.4. The second-order valence-corrected chi connectivity index (χ2v) is 15.1. The number of hydrogen-bond donors (Lipinski definition) is 4. The van der Waals surface area contributed by atoms with E-state index in [1.165, 1.54) is 37.0 Å². The van der Waals surface area contributed by atoms with Gasteiger partial charge in [0.15, 0.2) is 0 Å². The maximum Gasteiger partial charge on any atom is 0.241 e. The fraction of sp³-hybridized carbons (Fsp3) is 0.636. The highest BCUT2D eigenvalue weighted by molar-refractivity contribution is 7.89. The number of fused-ring (bicyclic) bond motifs is 1. The van der Waals surface area contributed by atoms with E-state index < -0.39 is 33.9 Å². The molecule has 3 saturated carbocycles. The lowest BCUT2D eigenvalue weighted by Crippen LogP contribution is -2.54. The van der Waals surface area contributed by atoms with Crippen molar-refractivity contribution in [3.63, 3.8) is 0 Å². The zero-order valence-corrected chi connectivity index (χ0v) is 25.5. The molecule has 3 aliphatic rings. The van der Waals surface area contributed by atoms with Crippen LogP contribution in [0.5, 0.6) is 0 Å². The standard InChI is InChI=1S/C33H49NO5S/c1-22(11-9-19-32(3,4)37)27-17-18-28-24(12-10-20-33(27,28)5)15-16-25-21-29(35)30(31(36)23(25)2)34-40(38,39)26-13-7-6-8-14-26/h6-8,13-16,22,27-31,34-37H,2,9-12,17-21H2,1,3-5H3/b24-15+,25-16-/t22-,27-,28+,29-,30+,31-,33-/m1/s1. The topological polar surface area (TPSA) is 107 Å². The number of hydrogen-bond acceptors (Lipinski definition) is 5. The first-order chi connectivity index (χ1) is 18.7. The molecule has 222 valence electrons. The predicted octanol–water partition coefficient (Wildman–Crippen LogP) is 5.66. The summed E-state index contributed by atoms with van der Waals surface area (Å²) in [7, 11) is -3.89. The zero-order chi connectivity index (χ0) is 29.3. The van der Waals surface area contributed by atoms with E-state index in [0.29, 0.717) is 23.3 Å². The number of aliphatic hydroxyl groups is 3. The Kier molecular flexibility index (Phi) is 9.53. The molecule has 0 radical (unpaired) electrons. The number of rotatable bonds is 9. The molecule has 0 aliphatic heterocycles. The van der Waals surface area contributed by atoms with Crippen LogP contribution in [-0.2, 0) is 10.0 Å². The van der Waals surface area contributed by atoms with E-state index in [4.69, 9.17) is 0 Å². The van der Waals surface area contributed by atoms with Crippen LogP contribution in [0.2, 0.25) is 0 Å². The van der Waals surface area contributed by atoms with Crippen molar-refractivity contribution in [2.24, 2.45) is 23.2 Å². The van der Waals surface area contributed by atoms with Gasteiger partial charge in [0.05, 0.1) is 28.7 Å². The zero-order valence-electron chi connectivity index (χ0n) is 24.6. The summed E-state index contributed by atoms with van der Waals surface area (Å²) in [6.07, 6.45) is 11.0. The first kappa shape index (κ1) is 31.2. The molecule has 4 N–H and O–H groups in total. The summed E-state index contributed by atoms with van der Waals surface area (Å²) in [5.74, 6) is 1.81. The molecular formula is C33H49NO5S. The number of sulfonamides is 1. The van der Waals surface area contributed by atoms with Crippen molar-refractivity contribution in [1.82, 2.24) is 4.72 Å². The molecular weight excluding hydrogens is 522 g/mol. The van der Waals surface area contributed by atoms with E-state index in [0.717, 1.165) is 37.7 Å². The first-order valence-corrected chi connectivity index (χ1v) is 16.5. The minimum atomic E-state index is -3.89. The van der Waals surface area contributed by atoms with Crippen LogP contribution in [0.15, 0.2) is 70.7 Å². The summed E-state index contributed by atoms with van der Waals surface area (Å²) in [5, 5.41) is 32.0. The first-order valence-electron chi connectivity index (χ1n) is 15.0. The van der Waals surface area contributed by atoms with Crippen LogP contribution in [-0.4, -0.2) is 47.6 Å². The third-order valence-corrected chi connectivity index (χ3v) is 11.4. The minimum absolute atomic E-state index is 0.0906. The Morgan fingerprint density at radius 1 is 1.18 bits per heavy atom. The van der Waals surface area contributed by atoms with Crippen LogP contribution in [0.1, 0.15) is 85.5 Å². The molecule has 0 aromatic heterocycles. The summed E-state index contributed by atoms with van der Waals surface area (Å²) < 4.78 is 28.1. The van der Waals surface area contributed by atoms with Crippen LogP contribution in [0, 0.1) is 23.2 Å². The lowest BCUT2D eigenvalue weighted by molar-refractivity contribution is 0.0537. The van der Waals surface area contributed by atoms with E-state index in [1.54, 1.807) is 18.2 Å². The molecule has 6 nitrogen and oxygen atoms in total. The van der Waals surface area contributed by atoms with Crippen molar-refractivity contribution in [2.75, 3.05) is 0 Å². The molecule has 3 fully saturated rings. The molecule has 1 aromatic carbocycles. The third-order valence-electron chi connectivity index (χ3n) is 9.97. The molecule has 0 bridgehead atoms. The third kappa shape index (κ3) is 6.81. The van der Waals surface area contributed by atoms with Gasteiger partial charge in [0.25, 0.3) is 0 Å². The maximum atomic E-state index is 12.8. The van der Waals surface area contributed by atoms with Crippen LogP contribution >= 0.6 is 0 Å². The predicted molar refractivity (Wildman–Crippen MR) is 160 cm³/mol. The van der Waals surface area contributed by atoms with Crippen LogP contribution in [0.4, 0.5) is 0 Å². The van der Waals surface area contributed by atoms with Crippen molar-refractivity contribution in [1.29, 1.82) is 0 Å². The van der Waals surface area contributed by atoms with Gasteiger partial charge in [-0.05, 0) is 98.8 Å². The highest BCUT2D eigenvalue weighted by Crippen LogP contribution is 2.60. The van der Waals surface area contributed by atoms with Gasteiger partial charge in [-0.25, -0.2) is 13.1 Å². The van der Waals surface area contributed by atoms with E-state index in [-0.39, 0.29) is 16.7 Å². The highest BCUT2D eigenvalue weighted by atomic mass is 32.2. The van der Waals surface area contributed by atoms with Gasteiger partial charge in [-0.3, -0.25) is 0 Å². The van der Waals surface area contributed by atoms with Gasteiger partial charge in [-0.2, -0.15) is 0 Å². The molecule has 0 amide bonds. The van der Waals surface area contributed by atoms with E-state index in [1.807, 2.05) is 19.9 Å². The number of benzene rings is 1.